The van der Waals surface area contributed by atoms with Gasteiger partial charge in [0.1, 0.15) is 11.5 Å². The number of hydrogen-bond acceptors (Lipinski definition) is 6. The Kier molecular flexibility index (Phi) is 7.28. The topological polar surface area (TPSA) is 92.8 Å². The third kappa shape index (κ3) is 5.26. The predicted molar refractivity (Wildman–Crippen MR) is 138 cm³/mol. The average molecular weight is 513 g/mol. The van der Waals surface area contributed by atoms with Gasteiger partial charge in [-0.1, -0.05) is 35.4 Å². The Morgan fingerprint density at radius 3 is 2.26 bits per heavy atom. The monoisotopic (exact) mass is 512 g/mol. The lowest BCUT2D eigenvalue weighted by atomic mass is 10.1. The molecule has 0 aliphatic heterocycles. The Balaban J connectivity index is 1.66. The quantitative estimate of drug-likeness (QED) is 0.435. The Hall–Kier alpha value is -3.17. The number of hydrogen-bond donors (Lipinski definition) is 1. The molecule has 7 nitrogen and oxygen atoms in total. The minimum atomic E-state index is -4.02. The van der Waals surface area contributed by atoms with Crippen LogP contribution in [0.4, 0.5) is 10.7 Å². The van der Waals surface area contributed by atoms with Crippen molar-refractivity contribution in [1.82, 2.24) is 0 Å². The van der Waals surface area contributed by atoms with E-state index in [4.69, 9.17) is 4.74 Å². The molecule has 4 rings (SSSR count). The first-order valence-electron chi connectivity index (χ1n) is 11.5. The van der Waals surface area contributed by atoms with Crippen molar-refractivity contribution in [3.05, 3.63) is 75.7 Å². The van der Waals surface area contributed by atoms with E-state index in [1.54, 1.807) is 43.3 Å². The molecule has 0 radical (unpaired) electrons. The van der Waals surface area contributed by atoms with E-state index in [0.717, 1.165) is 45.1 Å². The molecule has 1 aromatic heterocycles. The summed E-state index contributed by atoms with van der Waals surface area (Å²) >= 11 is 1.36. The van der Waals surface area contributed by atoms with Gasteiger partial charge in [-0.15, -0.1) is 11.3 Å². The lowest BCUT2D eigenvalue weighted by Crippen LogP contribution is -2.38. The lowest BCUT2D eigenvalue weighted by Gasteiger charge is -2.24. The SMILES string of the molecule is CCOC(=O)c1c(NC(=O)CN(c2ccc(C)cc2)S(=O)(=O)c2ccc(C)cc2)sc2c1CCC2. The number of ether oxygens (including phenoxy) is 1. The number of anilines is 2. The number of benzene rings is 2. The third-order valence-electron chi connectivity index (χ3n) is 5.87. The molecule has 3 aromatic rings. The average Bonchev–Trinajstić information content (AvgIpc) is 3.39. The maximum atomic E-state index is 13.6. The van der Waals surface area contributed by atoms with Crippen LogP contribution < -0.4 is 9.62 Å². The molecule has 1 amide bonds. The molecule has 1 aliphatic rings. The predicted octanol–water partition coefficient (Wildman–Crippen LogP) is 4.86. The van der Waals surface area contributed by atoms with Crippen LogP contribution in [0, 0.1) is 13.8 Å². The highest BCUT2D eigenvalue weighted by Gasteiger charge is 2.31. The molecule has 0 saturated heterocycles. The molecular formula is C26H28N2O5S2. The molecule has 184 valence electrons. The zero-order valence-corrected chi connectivity index (χ0v) is 21.6. The van der Waals surface area contributed by atoms with Gasteiger partial charge in [0.25, 0.3) is 10.0 Å². The number of aryl methyl sites for hydroxylation is 3. The van der Waals surface area contributed by atoms with Gasteiger partial charge in [0, 0.05) is 4.88 Å². The number of nitrogens with zero attached hydrogens (tertiary/aromatic N) is 1. The number of amides is 1. The van der Waals surface area contributed by atoms with E-state index in [0.29, 0.717) is 16.3 Å². The van der Waals surface area contributed by atoms with Crippen molar-refractivity contribution in [1.29, 1.82) is 0 Å². The number of thiophene rings is 1. The summed E-state index contributed by atoms with van der Waals surface area (Å²) in [5.41, 5.74) is 3.59. The number of fused-ring (bicyclic) bond motifs is 1. The highest BCUT2D eigenvalue weighted by atomic mass is 32.2. The van der Waals surface area contributed by atoms with Gasteiger partial charge in [0.2, 0.25) is 5.91 Å². The van der Waals surface area contributed by atoms with E-state index in [9.17, 15) is 18.0 Å². The minimum Gasteiger partial charge on any atom is -0.462 e. The van der Waals surface area contributed by atoms with Crippen LogP contribution in [0.25, 0.3) is 0 Å². The van der Waals surface area contributed by atoms with Crippen molar-refractivity contribution < 1.29 is 22.7 Å². The van der Waals surface area contributed by atoms with E-state index in [1.807, 2.05) is 13.8 Å². The number of carbonyl (C=O) groups excluding carboxylic acids is 2. The Bertz CT molecular complexity index is 1340. The van der Waals surface area contributed by atoms with E-state index in [2.05, 4.69) is 5.32 Å². The van der Waals surface area contributed by atoms with Gasteiger partial charge in [0.05, 0.1) is 22.8 Å². The van der Waals surface area contributed by atoms with Crippen LogP contribution in [-0.2, 0) is 32.4 Å². The van der Waals surface area contributed by atoms with Crippen molar-refractivity contribution in [2.45, 2.75) is 44.9 Å². The number of sulfonamides is 1. The number of carbonyl (C=O) groups is 2. The molecule has 0 bridgehead atoms. The largest absolute Gasteiger partial charge is 0.462 e. The van der Waals surface area contributed by atoms with E-state index >= 15 is 0 Å². The van der Waals surface area contributed by atoms with Gasteiger partial charge >= 0.3 is 5.97 Å². The van der Waals surface area contributed by atoms with Gasteiger partial charge in [-0.25, -0.2) is 13.2 Å². The summed E-state index contributed by atoms with van der Waals surface area (Å²) in [6, 6.07) is 13.5. The minimum absolute atomic E-state index is 0.0961. The fraction of sp³-hybridized carbons (Fsp3) is 0.308. The van der Waals surface area contributed by atoms with Crippen molar-refractivity contribution in [3.8, 4) is 0 Å². The van der Waals surface area contributed by atoms with Crippen LogP contribution in [0.15, 0.2) is 53.4 Å². The maximum absolute atomic E-state index is 13.6. The second kappa shape index (κ2) is 10.2. The van der Waals surface area contributed by atoms with Crippen molar-refractivity contribution in [3.63, 3.8) is 0 Å². The first-order valence-corrected chi connectivity index (χ1v) is 13.7. The molecule has 1 aliphatic carbocycles. The number of rotatable bonds is 8. The summed E-state index contributed by atoms with van der Waals surface area (Å²) in [7, 11) is -4.02. The van der Waals surface area contributed by atoms with Crippen LogP contribution in [-0.4, -0.2) is 33.4 Å². The maximum Gasteiger partial charge on any atom is 0.341 e. The normalized spacial score (nSPS) is 12.8. The van der Waals surface area contributed by atoms with Crippen LogP contribution in [0.2, 0.25) is 0 Å². The first kappa shape index (κ1) is 24.9. The van der Waals surface area contributed by atoms with Crippen LogP contribution in [0.5, 0.6) is 0 Å². The molecule has 0 saturated carbocycles. The molecule has 0 fully saturated rings. The number of nitrogens with one attached hydrogen (secondary N) is 1. The molecule has 35 heavy (non-hydrogen) atoms. The van der Waals surface area contributed by atoms with Crippen LogP contribution >= 0.6 is 11.3 Å². The highest BCUT2D eigenvalue weighted by molar-refractivity contribution is 7.92. The summed E-state index contributed by atoms with van der Waals surface area (Å²) in [6.45, 7) is 5.30. The lowest BCUT2D eigenvalue weighted by molar-refractivity contribution is -0.114. The summed E-state index contributed by atoms with van der Waals surface area (Å²) in [5, 5.41) is 3.21. The van der Waals surface area contributed by atoms with Crippen LogP contribution in [0.1, 0.15) is 45.3 Å². The number of esters is 1. The Labute approximate surface area is 209 Å². The fourth-order valence-corrected chi connectivity index (χ4v) is 6.79. The van der Waals surface area contributed by atoms with Gasteiger partial charge in [-0.2, -0.15) is 0 Å². The molecule has 0 atom stereocenters. The van der Waals surface area contributed by atoms with Crippen molar-refractivity contribution >= 4 is 43.9 Å². The summed E-state index contributed by atoms with van der Waals surface area (Å²) in [4.78, 5) is 27.0. The molecule has 1 N–H and O–H groups in total. The second-order valence-electron chi connectivity index (χ2n) is 8.49. The second-order valence-corrected chi connectivity index (χ2v) is 11.5. The van der Waals surface area contributed by atoms with Gasteiger partial charge in [0.15, 0.2) is 0 Å². The molecule has 2 aromatic carbocycles. The zero-order valence-electron chi connectivity index (χ0n) is 20.0. The Morgan fingerprint density at radius 2 is 1.63 bits per heavy atom. The van der Waals surface area contributed by atoms with Crippen LogP contribution in [0.3, 0.4) is 0 Å². The Morgan fingerprint density at radius 1 is 1.00 bits per heavy atom. The van der Waals surface area contributed by atoms with E-state index in [1.165, 1.54) is 23.5 Å². The van der Waals surface area contributed by atoms with Gasteiger partial charge in [-0.05, 0) is 69.9 Å². The molecule has 9 heteroatoms. The zero-order chi connectivity index (χ0) is 25.2. The van der Waals surface area contributed by atoms with Crippen molar-refractivity contribution in [2.24, 2.45) is 0 Å². The molecule has 0 spiro atoms. The standard InChI is InChI=1S/C26H28N2O5S2/c1-4-33-26(30)24-21-6-5-7-22(21)34-25(24)27-23(29)16-28(19-12-8-17(2)9-13-19)35(31,32)20-14-10-18(3)11-15-20/h8-15H,4-7,16H2,1-3H3,(H,27,29). The fourth-order valence-electron chi connectivity index (χ4n) is 4.07. The van der Waals surface area contributed by atoms with Crippen molar-refractivity contribution in [2.75, 3.05) is 22.8 Å². The smallest absolute Gasteiger partial charge is 0.341 e. The third-order valence-corrected chi connectivity index (χ3v) is 8.87. The highest BCUT2D eigenvalue weighted by Crippen LogP contribution is 2.39. The summed E-state index contributed by atoms with van der Waals surface area (Å²) < 4.78 is 33.5. The summed E-state index contributed by atoms with van der Waals surface area (Å²) in [5.74, 6) is -1.00. The summed E-state index contributed by atoms with van der Waals surface area (Å²) in [6.07, 6.45) is 2.56. The molecule has 0 unspecified atom stereocenters. The molecular weight excluding hydrogens is 484 g/mol. The van der Waals surface area contributed by atoms with Gasteiger partial charge < -0.3 is 10.1 Å². The van der Waals surface area contributed by atoms with E-state index in [-0.39, 0.29) is 11.5 Å². The van der Waals surface area contributed by atoms with Gasteiger partial charge in [-0.3, -0.25) is 9.10 Å². The molecule has 1 heterocycles. The first-order chi connectivity index (χ1) is 16.7. The van der Waals surface area contributed by atoms with E-state index < -0.39 is 28.4 Å².